The van der Waals surface area contributed by atoms with Crippen LogP contribution in [0.5, 0.6) is 0 Å². The van der Waals surface area contributed by atoms with Crippen molar-refractivity contribution in [2.24, 2.45) is 0 Å². The molecule has 6 N–H and O–H groups in total. The Bertz CT molecular complexity index is 1430. The van der Waals surface area contributed by atoms with E-state index < -0.39 is 49.5 Å². The topological polar surface area (TPSA) is 149 Å². The highest BCUT2D eigenvalue weighted by Crippen LogP contribution is 2.23. The molecule has 1 rings (SSSR count). The van der Waals surface area contributed by atoms with Crippen molar-refractivity contribution in [3.8, 4) is 0 Å². The predicted molar refractivity (Wildman–Crippen MR) is 299 cm³/mol. The largest absolute Gasteiger partial charge is 0.394 e. The molecular formula is C62H107NO8. The highest BCUT2D eigenvalue weighted by atomic mass is 16.7. The third-order valence-corrected chi connectivity index (χ3v) is 13.1. The standard InChI is InChI=1S/C62H107NO8/c1-3-5-7-9-11-13-15-17-19-21-23-24-25-26-27-28-29-30-31-32-34-35-37-39-41-43-45-47-49-51-56(65)55(54-70-62-61(69)60(68)59(67)57(53-64)71-62)63-58(66)52-50-48-46-44-42-40-38-36-33-22-20-18-16-14-12-10-8-6-4-2/h6,8,12,14,18,20,33-36,40-43,49,51,55-57,59-62,64-65,67-69H,3-5,7,9-11,13,15-17,19,21-32,37-39,44-48,50,52-54H2,1-2H3,(H,63,66)/b8-6-,14-12-,20-18-,35-34+,36-33-,42-40-,43-41+,51-49+. The molecule has 0 radical (unpaired) electrons. The van der Waals surface area contributed by atoms with Crippen molar-refractivity contribution in [3.05, 3.63) is 97.2 Å². The van der Waals surface area contributed by atoms with Gasteiger partial charge in [-0.05, 0) is 89.9 Å². The van der Waals surface area contributed by atoms with Crippen LogP contribution in [0, 0.1) is 0 Å². The average molecular weight is 995 g/mol. The predicted octanol–water partition coefficient (Wildman–Crippen LogP) is 14.4. The van der Waals surface area contributed by atoms with Crippen LogP contribution in [-0.4, -0.2) is 87.5 Å². The molecule has 71 heavy (non-hydrogen) atoms. The van der Waals surface area contributed by atoms with E-state index in [9.17, 15) is 30.3 Å². The Morgan fingerprint density at radius 1 is 0.493 bits per heavy atom. The summed E-state index contributed by atoms with van der Waals surface area (Å²) in [6.07, 6.45) is 66.3. The Hall–Kier alpha value is -2.89. The first-order valence-electron chi connectivity index (χ1n) is 29.0. The molecule has 0 aromatic carbocycles. The lowest BCUT2D eigenvalue weighted by Crippen LogP contribution is -2.60. The highest BCUT2D eigenvalue weighted by Gasteiger charge is 2.44. The van der Waals surface area contributed by atoms with E-state index in [1.807, 2.05) is 6.08 Å². The number of hydrogen-bond donors (Lipinski definition) is 6. The molecule has 0 aromatic rings. The summed E-state index contributed by atoms with van der Waals surface area (Å²) in [6.45, 7) is 3.63. The Morgan fingerprint density at radius 2 is 0.887 bits per heavy atom. The minimum absolute atomic E-state index is 0.225. The molecule has 408 valence electrons. The SMILES string of the molecule is CC/C=C\C/C=C\C/C=C\C/C=C\C/C=C\CCCCCC(=O)NC(COC1OC(CO)C(O)C(O)C1O)C(O)/C=C/CC/C=C/CC/C=C/CCCCCCCCCCCCCCCCCCCCC. The first-order chi connectivity index (χ1) is 34.8. The molecule has 7 atom stereocenters. The zero-order valence-corrected chi connectivity index (χ0v) is 45.2. The number of allylic oxidation sites excluding steroid dienone is 15. The molecule has 1 saturated heterocycles. The van der Waals surface area contributed by atoms with Crippen LogP contribution in [0.2, 0.25) is 0 Å². The summed E-state index contributed by atoms with van der Waals surface area (Å²) >= 11 is 0. The zero-order valence-electron chi connectivity index (χ0n) is 45.2. The summed E-state index contributed by atoms with van der Waals surface area (Å²) in [7, 11) is 0. The number of carbonyl (C=O) groups excluding carboxylic acids is 1. The van der Waals surface area contributed by atoms with Crippen molar-refractivity contribution in [1.29, 1.82) is 0 Å². The van der Waals surface area contributed by atoms with Gasteiger partial charge in [0.2, 0.25) is 5.91 Å². The highest BCUT2D eigenvalue weighted by molar-refractivity contribution is 5.76. The molecule has 0 spiro atoms. The maximum atomic E-state index is 13.0. The maximum Gasteiger partial charge on any atom is 0.220 e. The van der Waals surface area contributed by atoms with Crippen LogP contribution in [0.4, 0.5) is 0 Å². The van der Waals surface area contributed by atoms with Gasteiger partial charge in [-0.15, -0.1) is 0 Å². The van der Waals surface area contributed by atoms with Crippen molar-refractivity contribution in [3.63, 3.8) is 0 Å². The first-order valence-corrected chi connectivity index (χ1v) is 29.0. The number of nitrogens with one attached hydrogen (secondary N) is 1. The lowest BCUT2D eigenvalue weighted by atomic mass is 9.99. The van der Waals surface area contributed by atoms with E-state index in [1.54, 1.807) is 6.08 Å². The Kier molecular flexibility index (Phi) is 47.2. The minimum Gasteiger partial charge on any atom is -0.394 e. The molecule has 1 fully saturated rings. The molecule has 0 bridgehead atoms. The molecule has 0 saturated carbocycles. The second-order valence-electron chi connectivity index (χ2n) is 19.7. The number of rotatable bonds is 48. The third-order valence-electron chi connectivity index (χ3n) is 13.1. The average Bonchev–Trinajstić information content (AvgIpc) is 3.37. The Labute approximate surface area is 434 Å². The summed E-state index contributed by atoms with van der Waals surface area (Å²) in [5.41, 5.74) is 0. The first kappa shape index (κ1) is 66.1. The van der Waals surface area contributed by atoms with E-state index in [0.717, 1.165) is 83.5 Å². The number of amides is 1. The number of aliphatic hydroxyl groups excluding tert-OH is 5. The van der Waals surface area contributed by atoms with Crippen LogP contribution in [-0.2, 0) is 14.3 Å². The number of ether oxygens (including phenoxy) is 2. The second kappa shape index (κ2) is 50.6. The molecule has 1 aliphatic rings. The van der Waals surface area contributed by atoms with Crippen LogP contribution in [0.15, 0.2) is 97.2 Å². The fourth-order valence-electron chi connectivity index (χ4n) is 8.57. The van der Waals surface area contributed by atoms with Gasteiger partial charge in [0.15, 0.2) is 6.29 Å². The fraction of sp³-hybridized carbons (Fsp3) is 0.726. The smallest absolute Gasteiger partial charge is 0.220 e. The van der Waals surface area contributed by atoms with Gasteiger partial charge in [-0.25, -0.2) is 0 Å². The number of hydrogen-bond acceptors (Lipinski definition) is 8. The molecule has 7 unspecified atom stereocenters. The van der Waals surface area contributed by atoms with Gasteiger partial charge in [0, 0.05) is 6.42 Å². The molecule has 9 heteroatoms. The number of aliphatic hydroxyl groups is 5. The molecule has 1 amide bonds. The van der Waals surface area contributed by atoms with Crippen LogP contribution in [0.3, 0.4) is 0 Å². The zero-order chi connectivity index (χ0) is 51.5. The van der Waals surface area contributed by atoms with Gasteiger partial charge in [-0.2, -0.15) is 0 Å². The van der Waals surface area contributed by atoms with Gasteiger partial charge in [-0.1, -0.05) is 233 Å². The van der Waals surface area contributed by atoms with Crippen LogP contribution < -0.4 is 5.32 Å². The van der Waals surface area contributed by atoms with Crippen LogP contribution in [0.25, 0.3) is 0 Å². The van der Waals surface area contributed by atoms with Gasteiger partial charge in [0.05, 0.1) is 25.4 Å². The second-order valence-corrected chi connectivity index (χ2v) is 19.7. The molecule has 9 nitrogen and oxygen atoms in total. The number of unbranched alkanes of at least 4 members (excludes halogenated alkanes) is 24. The molecule has 0 aromatic heterocycles. The van der Waals surface area contributed by atoms with Crippen LogP contribution >= 0.6 is 0 Å². The summed E-state index contributed by atoms with van der Waals surface area (Å²) in [5, 5.41) is 54.4. The van der Waals surface area contributed by atoms with E-state index in [0.29, 0.717) is 6.42 Å². The Balaban J connectivity index is 2.28. The minimum atomic E-state index is -1.59. The lowest BCUT2D eigenvalue weighted by molar-refractivity contribution is -0.302. The van der Waals surface area contributed by atoms with Crippen molar-refractivity contribution in [2.75, 3.05) is 13.2 Å². The van der Waals surface area contributed by atoms with Gasteiger partial charge in [0.25, 0.3) is 0 Å². The van der Waals surface area contributed by atoms with Gasteiger partial charge in [0.1, 0.15) is 24.4 Å². The third kappa shape index (κ3) is 40.2. The summed E-state index contributed by atoms with van der Waals surface area (Å²) in [6, 6.07) is -0.853. The summed E-state index contributed by atoms with van der Waals surface area (Å²) in [5.74, 6) is -0.225. The van der Waals surface area contributed by atoms with E-state index in [2.05, 4.69) is 104 Å². The monoisotopic (exact) mass is 994 g/mol. The number of carbonyl (C=O) groups is 1. The molecular weight excluding hydrogens is 887 g/mol. The normalized spacial score (nSPS) is 20.0. The van der Waals surface area contributed by atoms with Crippen LogP contribution in [0.1, 0.15) is 232 Å². The van der Waals surface area contributed by atoms with Gasteiger partial charge >= 0.3 is 0 Å². The Morgan fingerprint density at radius 3 is 1.35 bits per heavy atom. The van der Waals surface area contributed by atoms with E-state index >= 15 is 0 Å². The summed E-state index contributed by atoms with van der Waals surface area (Å²) in [4.78, 5) is 13.0. The van der Waals surface area contributed by atoms with Crippen molar-refractivity contribution >= 4 is 5.91 Å². The maximum absolute atomic E-state index is 13.0. The molecule has 1 aliphatic heterocycles. The van der Waals surface area contributed by atoms with E-state index in [4.69, 9.17) is 9.47 Å². The van der Waals surface area contributed by atoms with Gasteiger partial charge < -0.3 is 40.3 Å². The van der Waals surface area contributed by atoms with Crippen molar-refractivity contribution < 1.29 is 39.8 Å². The lowest BCUT2D eigenvalue weighted by Gasteiger charge is -2.40. The summed E-state index contributed by atoms with van der Waals surface area (Å²) < 4.78 is 11.2. The van der Waals surface area contributed by atoms with Crippen molar-refractivity contribution in [1.82, 2.24) is 5.32 Å². The molecule has 0 aliphatic carbocycles. The van der Waals surface area contributed by atoms with Crippen molar-refractivity contribution in [2.45, 2.75) is 275 Å². The van der Waals surface area contributed by atoms with Gasteiger partial charge in [-0.3, -0.25) is 4.79 Å². The molecule has 1 heterocycles. The van der Waals surface area contributed by atoms with E-state index in [1.165, 1.54) is 122 Å². The fourth-order valence-corrected chi connectivity index (χ4v) is 8.57. The quantitative estimate of drug-likeness (QED) is 0.0261. The van der Waals surface area contributed by atoms with E-state index in [-0.39, 0.29) is 18.9 Å².